The molecule has 23 heavy (non-hydrogen) atoms. The van der Waals surface area contributed by atoms with Crippen LogP contribution in [0.4, 0.5) is 0 Å². The van der Waals surface area contributed by atoms with Crippen molar-refractivity contribution in [3.05, 3.63) is 11.7 Å². The van der Waals surface area contributed by atoms with Gasteiger partial charge in [-0.3, -0.25) is 9.69 Å². The second kappa shape index (κ2) is 7.40. The zero-order chi connectivity index (χ0) is 16.2. The predicted molar refractivity (Wildman–Crippen MR) is 86.0 cm³/mol. The Kier molecular flexibility index (Phi) is 5.27. The van der Waals surface area contributed by atoms with Gasteiger partial charge >= 0.3 is 0 Å². The first-order valence-electron chi connectivity index (χ1n) is 8.71. The lowest BCUT2D eigenvalue weighted by Gasteiger charge is -2.29. The zero-order valence-corrected chi connectivity index (χ0v) is 14.1. The Bertz CT molecular complexity index is 524. The number of piperazine rings is 1. The Balaban J connectivity index is 1.55. The van der Waals surface area contributed by atoms with Crippen LogP contribution in [0.15, 0.2) is 4.52 Å². The van der Waals surface area contributed by atoms with Crippen LogP contribution in [0, 0.1) is 0 Å². The van der Waals surface area contributed by atoms with Gasteiger partial charge in [0.1, 0.15) is 0 Å². The van der Waals surface area contributed by atoms with Crippen molar-refractivity contribution in [2.45, 2.75) is 45.1 Å². The van der Waals surface area contributed by atoms with Crippen molar-refractivity contribution in [1.82, 2.24) is 25.3 Å². The maximum atomic E-state index is 12.3. The Morgan fingerprint density at radius 1 is 1.35 bits per heavy atom. The number of hydrogen-bond donors (Lipinski definition) is 1. The molecule has 2 aliphatic rings. The lowest BCUT2D eigenvalue weighted by Crippen LogP contribution is -2.47. The Hall–Kier alpha value is -1.47. The molecule has 2 aliphatic heterocycles. The summed E-state index contributed by atoms with van der Waals surface area (Å²) in [5.74, 6) is 1.98. The van der Waals surface area contributed by atoms with Crippen molar-refractivity contribution >= 4 is 5.91 Å². The van der Waals surface area contributed by atoms with Gasteiger partial charge in [-0.2, -0.15) is 4.98 Å². The standard InChI is InChI=1S/C16H27N5O2/c1-12(2)16-18-15(19-23-16)13-4-3-8-20(13)9-5-14(22)21-10-6-17-7-11-21/h12-13,17H,3-11H2,1-2H3. The minimum Gasteiger partial charge on any atom is -0.340 e. The molecule has 1 unspecified atom stereocenters. The van der Waals surface area contributed by atoms with Crippen LogP contribution in [0.2, 0.25) is 0 Å². The van der Waals surface area contributed by atoms with Crippen molar-refractivity contribution in [3.63, 3.8) is 0 Å². The third-order valence-corrected chi connectivity index (χ3v) is 4.70. The average Bonchev–Trinajstić information content (AvgIpc) is 3.22. The molecule has 0 aliphatic carbocycles. The van der Waals surface area contributed by atoms with Crippen LogP contribution in [0.5, 0.6) is 0 Å². The van der Waals surface area contributed by atoms with Gasteiger partial charge in [-0.05, 0) is 19.4 Å². The summed E-state index contributed by atoms with van der Waals surface area (Å²) in [6.45, 7) is 9.34. The van der Waals surface area contributed by atoms with E-state index in [4.69, 9.17) is 4.52 Å². The van der Waals surface area contributed by atoms with Crippen LogP contribution < -0.4 is 5.32 Å². The molecule has 7 heteroatoms. The van der Waals surface area contributed by atoms with Gasteiger partial charge in [-0.1, -0.05) is 19.0 Å². The van der Waals surface area contributed by atoms with Gasteiger partial charge in [0, 0.05) is 45.1 Å². The van der Waals surface area contributed by atoms with E-state index in [1.165, 1.54) is 0 Å². The quantitative estimate of drug-likeness (QED) is 0.877. The molecule has 1 atom stereocenters. The van der Waals surface area contributed by atoms with E-state index in [0.717, 1.165) is 57.9 Å². The average molecular weight is 321 g/mol. The summed E-state index contributed by atoms with van der Waals surface area (Å²) in [5, 5.41) is 7.43. The Labute approximate surface area is 137 Å². The smallest absolute Gasteiger partial charge is 0.229 e. The highest BCUT2D eigenvalue weighted by atomic mass is 16.5. The summed E-state index contributed by atoms with van der Waals surface area (Å²) in [6, 6.07) is 0.196. The fourth-order valence-corrected chi connectivity index (χ4v) is 3.31. The number of likely N-dealkylation sites (tertiary alicyclic amines) is 1. The monoisotopic (exact) mass is 321 g/mol. The molecule has 1 aromatic rings. The van der Waals surface area contributed by atoms with Gasteiger partial charge in [-0.25, -0.2) is 0 Å². The third kappa shape index (κ3) is 3.90. The molecular weight excluding hydrogens is 294 g/mol. The van der Waals surface area contributed by atoms with Crippen LogP contribution in [0.3, 0.4) is 0 Å². The van der Waals surface area contributed by atoms with Crippen LogP contribution in [0.25, 0.3) is 0 Å². The van der Waals surface area contributed by atoms with Crippen molar-refractivity contribution in [1.29, 1.82) is 0 Å². The molecule has 2 saturated heterocycles. The lowest BCUT2D eigenvalue weighted by molar-refractivity contribution is -0.132. The number of carbonyl (C=O) groups excluding carboxylic acids is 1. The molecule has 1 aromatic heterocycles. The first-order chi connectivity index (χ1) is 11.1. The number of nitrogens with zero attached hydrogens (tertiary/aromatic N) is 4. The maximum Gasteiger partial charge on any atom is 0.229 e. The van der Waals surface area contributed by atoms with Gasteiger partial charge in [0.15, 0.2) is 5.82 Å². The van der Waals surface area contributed by atoms with Crippen molar-refractivity contribution < 1.29 is 9.32 Å². The molecule has 3 heterocycles. The molecule has 3 rings (SSSR count). The summed E-state index contributed by atoms with van der Waals surface area (Å²) in [4.78, 5) is 21.1. The van der Waals surface area contributed by atoms with Gasteiger partial charge in [0.2, 0.25) is 11.8 Å². The number of hydrogen-bond acceptors (Lipinski definition) is 6. The molecule has 2 fully saturated rings. The molecular formula is C16H27N5O2. The van der Waals surface area contributed by atoms with Crippen molar-refractivity contribution in [3.8, 4) is 0 Å². The minimum atomic E-state index is 0.196. The van der Waals surface area contributed by atoms with E-state index in [1.807, 2.05) is 4.90 Å². The fraction of sp³-hybridized carbons (Fsp3) is 0.812. The van der Waals surface area contributed by atoms with E-state index < -0.39 is 0 Å². The third-order valence-electron chi connectivity index (χ3n) is 4.70. The lowest BCUT2D eigenvalue weighted by atomic mass is 10.2. The molecule has 0 saturated carbocycles. The summed E-state index contributed by atoms with van der Waals surface area (Å²) >= 11 is 0. The van der Waals surface area contributed by atoms with Crippen LogP contribution >= 0.6 is 0 Å². The van der Waals surface area contributed by atoms with E-state index in [9.17, 15) is 4.79 Å². The summed E-state index contributed by atoms with van der Waals surface area (Å²) < 4.78 is 5.34. The van der Waals surface area contributed by atoms with Gasteiger partial charge in [0.25, 0.3) is 0 Å². The highest BCUT2D eigenvalue weighted by Crippen LogP contribution is 2.30. The van der Waals surface area contributed by atoms with Crippen LogP contribution in [-0.2, 0) is 4.79 Å². The number of amides is 1. The van der Waals surface area contributed by atoms with E-state index in [1.54, 1.807) is 0 Å². The predicted octanol–water partition coefficient (Wildman–Crippen LogP) is 1.15. The number of nitrogens with one attached hydrogen (secondary N) is 1. The summed E-state index contributed by atoms with van der Waals surface area (Å²) in [7, 11) is 0. The molecule has 128 valence electrons. The second-order valence-electron chi connectivity index (χ2n) is 6.72. The molecule has 0 aromatic carbocycles. The normalized spacial score (nSPS) is 22.9. The van der Waals surface area contributed by atoms with E-state index in [-0.39, 0.29) is 17.9 Å². The molecule has 0 radical (unpaired) electrons. The van der Waals surface area contributed by atoms with E-state index in [0.29, 0.717) is 12.3 Å². The zero-order valence-electron chi connectivity index (χ0n) is 14.1. The first-order valence-corrected chi connectivity index (χ1v) is 8.71. The SMILES string of the molecule is CC(C)c1nc(C2CCCN2CCC(=O)N2CCNCC2)no1. The molecule has 0 bridgehead atoms. The number of carbonyl (C=O) groups is 1. The van der Waals surface area contributed by atoms with Crippen molar-refractivity contribution in [2.24, 2.45) is 0 Å². The highest BCUT2D eigenvalue weighted by Gasteiger charge is 2.30. The molecule has 1 N–H and O–H groups in total. The van der Waals surface area contributed by atoms with Gasteiger partial charge < -0.3 is 14.7 Å². The molecule has 1 amide bonds. The number of aromatic nitrogens is 2. The van der Waals surface area contributed by atoms with E-state index >= 15 is 0 Å². The Morgan fingerprint density at radius 2 is 2.13 bits per heavy atom. The summed E-state index contributed by atoms with van der Waals surface area (Å²) in [6.07, 6.45) is 2.74. The van der Waals surface area contributed by atoms with E-state index in [2.05, 4.69) is 34.2 Å². The first kappa shape index (κ1) is 16.4. The molecule has 7 nitrogen and oxygen atoms in total. The fourth-order valence-electron chi connectivity index (χ4n) is 3.31. The largest absolute Gasteiger partial charge is 0.340 e. The van der Waals surface area contributed by atoms with Crippen LogP contribution in [0.1, 0.15) is 56.8 Å². The number of rotatable bonds is 5. The van der Waals surface area contributed by atoms with Crippen LogP contribution in [-0.4, -0.2) is 65.1 Å². The van der Waals surface area contributed by atoms with Crippen molar-refractivity contribution in [2.75, 3.05) is 39.3 Å². The topological polar surface area (TPSA) is 74.5 Å². The van der Waals surface area contributed by atoms with Gasteiger partial charge in [-0.15, -0.1) is 0 Å². The highest BCUT2D eigenvalue weighted by molar-refractivity contribution is 5.76. The molecule has 0 spiro atoms. The minimum absolute atomic E-state index is 0.196. The summed E-state index contributed by atoms with van der Waals surface area (Å²) in [5.41, 5.74) is 0. The Morgan fingerprint density at radius 3 is 2.83 bits per heavy atom. The van der Waals surface area contributed by atoms with Gasteiger partial charge in [0.05, 0.1) is 6.04 Å². The maximum absolute atomic E-state index is 12.3. The second-order valence-corrected chi connectivity index (χ2v) is 6.72.